The van der Waals surface area contributed by atoms with Gasteiger partial charge in [0.1, 0.15) is 12.0 Å². The van der Waals surface area contributed by atoms with Gasteiger partial charge < -0.3 is 0 Å². The number of aryl methyl sites for hydroxylation is 1. The summed E-state index contributed by atoms with van der Waals surface area (Å²) in [4.78, 5) is 0. The van der Waals surface area contributed by atoms with Gasteiger partial charge in [-0.1, -0.05) is 48.1 Å². The minimum absolute atomic E-state index is 0.332. The summed E-state index contributed by atoms with van der Waals surface area (Å²) >= 11 is 0. The predicted molar refractivity (Wildman–Crippen MR) is 92.3 cm³/mol. The average Bonchev–Trinajstić information content (AvgIpc) is 2.71. The highest BCUT2D eigenvalue weighted by atomic mass is 19.1. The summed E-state index contributed by atoms with van der Waals surface area (Å²) < 4.78 is 28.7. The van der Waals surface area contributed by atoms with Crippen LogP contribution in [0.1, 0.15) is 30.9 Å². The molecule has 0 radical (unpaired) electrons. The molecular weight excluding hydrogens is 290 g/mol. The van der Waals surface area contributed by atoms with Crippen LogP contribution in [-0.4, -0.2) is 6.17 Å². The number of benzene rings is 1. The minimum Gasteiger partial charge on any atom is -0.238 e. The Balaban J connectivity index is 1.98. The van der Waals surface area contributed by atoms with Crippen LogP contribution in [-0.2, 0) is 0 Å². The van der Waals surface area contributed by atoms with Crippen molar-refractivity contribution in [2.45, 2.75) is 32.9 Å². The molecule has 0 fully saturated rings. The van der Waals surface area contributed by atoms with Crippen molar-refractivity contribution in [2.75, 3.05) is 0 Å². The normalized spacial score (nSPS) is 21.1. The van der Waals surface area contributed by atoms with E-state index in [9.17, 15) is 8.78 Å². The van der Waals surface area contributed by atoms with E-state index in [4.69, 9.17) is 0 Å². The van der Waals surface area contributed by atoms with Crippen LogP contribution >= 0.6 is 0 Å². The summed E-state index contributed by atoms with van der Waals surface area (Å²) in [6, 6.07) is 4.91. The molecular formula is C21H20F2. The quantitative estimate of drug-likeness (QED) is 0.626. The van der Waals surface area contributed by atoms with Gasteiger partial charge in [-0.15, -0.1) is 0 Å². The Kier molecular flexibility index (Phi) is 4.42. The Morgan fingerprint density at radius 3 is 2.52 bits per heavy atom. The Labute approximate surface area is 136 Å². The van der Waals surface area contributed by atoms with Crippen LogP contribution in [0.5, 0.6) is 0 Å². The van der Waals surface area contributed by atoms with Crippen LogP contribution in [0.3, 0.4) is 0 Å². The van der Waals surface area contributed by atoms with Crippen molar-refractivity contribution in [3.63, 3.8) is 0 Å². The van der Waals surface area contributed by atoms with E-state index in [1.54, 1.807) is 18.2 Å². The van der Waals surface area contributed by atoms with E-state index in [1.165, 1.54) is 23.3 Å². The van der Waals surface area contributed by atoms with Gasteiger partial charge in [0.2, 0.25) is 0 Å². The maximum atomic E-state index is 14.5. The van der Waals surface area contributed by atoms with Crippen molar-refractivity contribution in [3.05, 3.63) is 88.3 Å². The molecule has 1 aromatic carbocycles. The zero-order valence-corrected chi connectivity index (χ0v) is 13.4. The zero-order chi connectivity index (χ0) is 16.4. The van der Waals surface area contributed by atoms with E-state index < -0.39 is 6.17 Å². The Bertz CT molecular complexity index is 773. The molecule has 2 aliphatic carbocycles. The number of hydrogen-bond donors (Lipinski definition) is 0. The van der Waals surface area contributed by atoms with Gasteiger partial charge in [0, 0.05) is 11.1 Å². The van der Waals surface area contributed by atoms with E-state index in [1.807, 2.05) is 19.1 Å². The molecule has 2 aliphatic rings. The van der Waals surface area contributed by atoms with Gasteiger partial charge in [0.15, 0.2) is 0 Å². The Hall–Kier alpha value is -2.22. The van der Waals surface area contributed by atoms with Crippen LogP contribution in [0.25, 0.3) is 5.57 Å². The van der Waals surface area contributed by atoms with Gasteiger partial charge in [0.25, 0.3) is 0 Å². The predicted octanol–water partition coefficient (Wildman–Crippen LogP) is 6.02. The summed E-state index contributed by atoms with van der Waals surface area (Å²) in [6.45, 7) is 3.94. The lowest BCUT2D eigenvalue weighted by atomic mass is 9.93. The topological polar surface area (TPSA) is 0 Å². The maximum Gasteiger partial charge on any atom is 0.144 e. The monoisotopic (exact) mass is 310 g/mol. The first-order valence-corrected chi connectivity index (χ1v) is 7.92. The lowest BCUT2D eigenvalue weighted by Crippen LogP contribution is -2.02. The lowest BCUT2D eigenvalue weighted by Gasteiger charge is -2.12. The standard InChI is InChI=1S/C21H20F2/c1-14-3-6-16(7-4-14)17-8-11-18(20(22)12-9-17)19-10-5-15(2)13-21(19)23/h3,5-6,8-13,20H,4,7H2,1-2H3. The van der Waals surface area contributed by atoms with Crippen LogP contribution < -0.4 is 0 Å². The van der Waals surface area contributed by atoms with Gasteiger partial charge in [0.05, 0.1) is 0 Å². The number of hydrogen-bond acceptors (Lipinski definition) is 0. The van der Waals surface area contributed by atoms with Crippen molar-refractivity contribution in [2.24, 2.45) is 0 Å². The summed E-state index contributed by atoms with van der Waals surface area (Å²) in [5.41, 5.74) is 5.08. The molecule has 0 amide bonds. The number of alkyl halides is 1. The number of allylic oxidation sites excluding steroid dienone is 10. The van der Waals surface area contributed by atoms with Crippen LogP contribution in [0.2, 0.25) is 0 Å². The molecule has 0 saturated carbocycles. The van der Waals surface area contributed by atoms with Crippen molar-refractivity contribution in [3.8, 4) is 0 Å². The van der Waals surface area contributed by atoms with Gasteiger partial charge in [-0.05, 0) is 55.5 Å². The van der Waals surface area contributed by atoms with Crippen molar-refractivity contribution in [1.29, 1.82) is 0 Å². The molecule has 0 N–H and O–H groups in total. The molecule has 0 aromatic heterocycles. The second-order valence-corrected chi connectivity index (χ2v) is 6.19. The zero-order valence-electron chi connectivity index (χ0n) is 13.4. The highest BCUT2D eigenvalue weighted by Gasteiger charge is 2.18. The molecule has 1 atom stereocenters. The van der Waals surface area contributed by atoms with Gasteiger partial charge in [-0.25, -0.2) is 8.78 Å². The van der Waals surface area contributed by atoms with Crippen molar-refractivity contribution >= 4 is 5.57 Å². The van der Waals surface area contributed by atoms with Gasteiger partial charge >= 0.3 is 0 Å². The molecule has 0 heterocycles. The molecule has 0 bridgehead atoms. The molecule has 1 unspecified atom stereocenters. The maximum absolute atomic E-state index is 14.5. The highest BCUT2D eigenvalue weighted by Crippen LogP contribution is 2.31. The molecule has 1 aromatic rings. The van der Waals surface area contributed by atoms with Crippen molar-refractivity contribution < 1.29 is 8.78 Å². The lowest BCUT2D eigenvalue weighted by molar-refractivity contribution is 0.478. The first kappa shape index (κ1) is 15.7. The summed E-state index contributed by atoms with van der Waals surface area (Å²) in [6.07, 6.45) is 11.8. The van der Waals surface area contributed by atoms with E-state index in [0.29, 0.717) is 11.1 Å². The van der Waals surface area contributed by atoms with E-state index in [2.05, 4.69) is 19.1 Å². The minimum atomic E-state index is -1.30. The second-order valence-electron chi connectivity index (χ2n) is 6.19. The third kappa shape index (κ3) is 3.42. The molecule has 2 heteroatoms. The SMILES string of the molecule is CC1=CC=C(C2=CC=C(c3ccc(C)cc3F)C(F)C=C2)CC1. The number of rotatable bonds is 2. The summed E-state index contributed by atoms with van der Waals surface area (Å²) in [7, 11) is 0. The highest BCUT2D eigenvalue weighted by molar-refractivity contribution is 5.74. The second kappa shape index (κ2) is 6.49. The molecule has 0 aliphatic heterocycles. The fourth-order valence-corrected chi connectivity index (χ4v) is 2.91. The molecule has 0 spiro atoms. The van der Waals surface area contributed by atoms with Crippen LogP contribution in [0.15, 0.2) is 71.4 Å². The van der Waals surface area contributed by atoms with Gasteiger partial charge in [-0.3, -0.25) is 0 Å². The summed E-state index contributed by atoms with van der Waals surface area (Å²) in [5, 5.41) is 0. The Morgan fingerprint density at radius 1 is 1.00 bits per heavy atom. The van der Waals surface area contributed by atoms with E-state index >= 15 is 0 Å². The smallest absolute Gasteiger partial charge is 0.144 e. The molecule has 3 rings (SSSR count). The van der Waals surface area contributed by atoms with E-state index in [-0.39, 0.29) is 5.82 Å². The fourth-order valence-electron chi connectivity index (χ4n) is 2.91. The third-order valence-corrected chi connectivity index (χ3v) is 4.35. The molecule has 118 valence electrons. The van der Waals surface area contributed by atoms with Crippen LogP contribution in [0.4, 0.5) is 8.78 Å². The van der Waals surface area contributed by atoms with Crippen molar-refractivity contribution in [1.82, 2.24) is 0 Å². The summed E-state index contributed by atoms with van der Waals surface area (Å²) in [5.74, 6) is -0.375. The fraction of sp³-hybridized carbons (Fsp3) is 0.238. The Morgan fingerprint density at radius 2 is 1.83 bits per heavy atom. The first-order chi connectivity index (χ1) is 11.0. The molecule has 0 saturated heterocycles. The molecule has 23 heavy (non-hydrogen) atoms. The largest absolute Gasteiger partial charge is 0.238 e. The first-order valence-electron chi connectivity index (χ1n) is 7.92. The van der Waals surface area contributed by atoms with Crippen LogP contribution in [0, 0.1) is 12.7 Å². The number of halogens is 2. The van der Waals surface area contributed by atoms with Gasteiger partial charge in [-0.2, -0.15) is 0 Å². The van der Waals surface area contributed by atoms with E-state index in [0.717, 1.165) is 24.0 Å². The third-order valence-electron chi connectivity index (χ3n) is 4.35. The molecule has 0 nitrogen and oxygen atoms in total. The average molecular weight is 310 g/mol.